The van der Waals surface area contributed by atoms with Gasteiger partial charge in [-0.15, -0.1) is 0 Å². The largest absolute Gasteiger partial charge is 0.324 e. The number of fused-ring (bicyclic) bond motifs is 1. The molecule has 2 heterocycles. The minimum atomic E-state index is -1.07. The van der Waals surface area contributed by atoms with E-state index in [1.807, 2.05) is 30.3 Å². The Bertz CT molecular complexity index is 1030. The van der Waals surface area contributed by atoms with Crippen molar-refractivity contribution in [2.75, 3.05) is 10.6 Å². The van der Waals surface area contributed by atoms with Gasteiger partial charge in [0.15, 0.2) is 11.6 Å². The van der Waals surface area contributed by atoms with Gasteiger partial charge in [0.25, 0.3) is 0 Å². The lowest BCUT2D eigenvalue weighted by molar-refractivity contribution is -0.125. The second-order valence-corrected chi connectivity index (χ2v) is 6.11. The first-order valence-electron chi connectivity index (χ1n) is 8.22. The lowest BCUT2D eigenvalue weighted by atomic mass is 10.1. The van der Waals surface area contributed by atoms with E-state index < -0.39 is 23.6 Å². The molecule has 0 saturated heterocycles. The van der Waals surface area contributed by atoms with Crippen molar-refractivity contribution in [2.45, 2.75) is 12.5 Å². The maximum atomic E-state index is 13.4. The SMILES string of the molecule is O=C1C[C@@H](C(=O)Nc2ccc(F)c(F)c2)n2nc(-c3ccccc3)cc2N1. The Kier molecular flexibility index (Phi) is 4.15. The fraction of sp³-hybridized carbons (Fsp3) is 0.105. The van der Waals surface area contributed by atoms with Gasteiger partial charge in [-0.05, 0) is 12.1 Å². The van der Waals surface area contributed by atoms with Gasteiger partial charge in [0, 0.05) is 23.4 Å². The van der Waals surface area contributed by atoms with Crippen LogP contribution in [0.1, 0.15) is 12.5 Å². The molecule has 3 aromatic rings. The van der Waals surface area contributed by atoms with Crippen LogP contribution in [0, 0.1) is 11.6 Å². The van der Waals surface area contributed by atoms with E-state index in [9.17, 15) is 18.4 Å². The third-order valence-corrected chi connectivity index (χ3v) is 4.24. The van der Waals surface area contributed by atoms with Crippen molar-refractivity contribution in [3.8, 4) is 11.3 Å². The minimum absolute atomic E-state index is 0.0990. The highest BCUT2D eigenvalue weighted by Crippen LogP contribution is 2.30. The number of anilines is 2. The number of benzene rings is 2. The van der Waals surface area contributed by atoms with Gasteiger partial charge < -0.3 is 10.6 Å². The van der Waals surface area contributed by atoms with Crippen LogP contribution in [0.4, 0.5) is 20.3 Å². The summed E-state index contributed by atoms with van der Waals surface area (Å²) in [4.78, 5) is 24.6. The number of carbonyl (C=O) groups excluding carboxylic acids is 2. The molecule has 1 aliphatic heterocycles. The minimum Gasteiger partial charge on any atom is -0.324 e. The lowest BCUT2D eigenvalue weighted by Gasteiger charge is -2.23. The van der Waals surface area contributed by atoms with Crippen molar-refractivity contribution in [1.82, 2.24) is 9.78 Å². The molecule has 2 amide bonds. The third-order valence-electron chi connectivity index (χ3n) is 4.24. The Morgan fingerprint density at radius 1 is 1.11 bits per heavy atom. The standard InChI is InChI=1S/C19H14F2N4O2/c20-13-7-6-12(8-14(13)21)22-19(27)16-10-18(26)23-17-9-15(24-25(16)17)11-4-2-1-3-5-11/h1-9,16H,10H2,(H,22,27)(H,23,26)/t16-/m0/s1. The summed E-state index contributed by atoms with van der Waals surface area (Å²) in [5.74, 6) is -2.55. The number of hydrogen-bond donors (Lipinski definition) is 2. The summed E-state index contributed by atoms with van der Waals surface area (Å²) in [7, 11) is 0. The van der Waals surface area contributed by atoms with Crippen molar-refractivity contribution in [3.63, 3.8) is 0 Å². The van der Waals surface area contributed by atoms with Gasteiger partial charge >= 0.3 is 0 Å². The Morgan fingerprint density at radius 3 is 2.63 bits per heavy atom. The van der Waals surface area contributed by atoms with Crippen LogP contribution in [0.2, 0.25) is 0 Å². The fourth-order valence-corrected chi connectivity index (χ4v) is 2.93. The number of nitrogens with zero attached hydrogens (tertiary/aromatic N) is 2. The molecule has 0 radical (unpaired) electrons. The molecule has 27 heavy (non-hydrogen) atoms. The van der Waals surface area contributed by atoms with Crippen LogP contribution in [-0.2, 0) is 9.59 Å². The van der Waals surface area contributed by atoms with E-state index in [-0.39, 0.29) is 18.0 Å². The number of hydrogen-bond acceptors (Lipinski definition) is 3. The van der Waals surface area contributed by atoms with Crippen molar-refractivity contribution in [2.24, 2.45) is 0 Å². The maximum Gasteiger partial charge on any atom is 0.249 e. The third kappa shape index (κ3) is 3.29. The molecule has 1 atom stereocenters. The first kappa shape index (κ1) is 16.9. The van der Waals surface area contributed by atoms with Crippen LogP contribution in [-0.4, -0.2) is 21.6 Å². The molecule has 2 aromatic carbocycles. The molecule has 0 unspecified atom stereocenters. The molecule has 0 saturated carbocycles. The van der Waals surface area contributed by atoms with Gasteiger partial charge in [0.2, 0.25) is 11.8 Å². The number of amides is 2. The zero-order valence-electron chi connectivity index (χ0n) is 13.9. The molecule has 1 aliphatic rings. The molecule has 6 nitrogen and oxygen atoms in total. The van der Waals surface area contributed by atoms with Crippen LogP contribution in [0.5, 0.6) is 0 Å². The smallest absolute Gasteiger partial charge is 0.249 e. The van der Waals surface area contributed by atoms with E-state index >= 15 is 0 Å². The average Bonchev–Trinajstić information content (AvgIpc) is 3.08. The number of rotatable bonds is 3. The van der Waals surface area contributed by atoms with E-state index in [1.54, 1.807) is 6.07 Å². The molecule has 0 fully saturated rings. The molecule has 0 spiro atoms. The predicted octanol–water partition coefficient (Wildman–Crippen LogP) is 3.35. The van der Waals surface area contributed by atoms with E-state index in [0.717, 1.165) is 17.7 Å². The second-order valence-electron chi connectivity index (χ2n) is 6.11. The lowest BCUT2D eigenvalue weighted by Crippen LogP contribution is -2.35. The first-order valence-corrected chi connectivity index (χ1v) is 8.22. The molecule has 0 aliphatic carbocycles. The zero-order chi connectivity index (χ0) is 19.0. The molecular formula is C19H14F2N4O2. The highest BCUT2D eigenvalue weighted by molar-refractivity contribution is 6.01. The van der Waals surface area contributed by atoms with Crippen LogP contribution in [0.25, 0.3) is 11.3 Å². The van der Waals surface area contributed by atoms with Gasteiger partial charge in [0.05, 0.1) is 12.1 Å². The quantitative estimate of drug-likeness (QED) is 0.744. The van der Waals surface area contributed by atoms with Crippen LogP contribution < -0.4 is 10.6 Å². The van der Waals surface area contributed by atoms with Gasteiger partial charge in [-0.3, -0.25) is 9.59 Å². The average molecular weight is 368 g/mol. The molecule has 0 bridgehead atoms. The summed E-state index contributed by atoms with van der Waals surface area (Å²) in [6, 6.07) is 13.2. The van der Waals surface area contributed by atoms with E-state index in [1.165, 1.54) is 10.7 Å². The van der Waals surface area contributed by atoms with Crippen molar-refractivity contribution in [3.05, 3.63) is 66.2 Å². The first-order chi connectivity index (χ1) is 13.0. The fourth-order valence-electron chi connectivity index (χ4n) is 2.93. The summed E-state index contributed by atoms with van der Waals surface area (Å²) < 4.78 is 27.8. The van der Waals surface area contributed by atoms with Crippen molar-refractivity contribution < 1.29 is 18.4 Å². The maximum absolute atomic E-state index is 13.4. The van der Waals surface area contributed by atoms with E-state index in [4.69, 9.17) is 0 Å². The van der Waals surface area contributed by atoms with Crippen molar-refractivity contribution in [1.29, 1.82) is 0 Å². The molecular weight excluding hydrogens is 354 g/mol. The number of carbonyl (C=O) groups is 2. The van der Waals surface area contributed by atoms with Crippen molar-refractivity contribution >= 4 is 23.3 Å². The van der Waals surface area contributed by atoms with E-state index in [0.29, 0.717) is 11.5 Å². The second kappa shape index (κ2) is 6.64. The summed E-state index contributed by atoms with van der Waals surface area (Å²) >= 11 is 0. The van der Waals surface area contributed by atoms with Crippen LogP contribution >= 0.6 is 0 Å². The monoisotopic (exact) mass is 368 g/mol. The Morgan fingerprint density at radius 2 is 1.89 bits per heavy atom. The Labute approximate surface area is 152 Å². The van der Waals surface area contributed by atoms with Gasteiger partial charge in [-0.25, -0.2) is 13.5 Å². The highest BCUT2D eigenvalue weighted by Gasteiger charge is 2.32. The Balaban J connectivity index is 1.64. The van der Waals surface area contributed by atoms with E-state index in [2.05, 4.69) is 15.7 Å². The highest BCUT2D eigenvalue weighted by atomic mass is 19.2. The van der Waals surface area contributed by atoms with Gasteiger partial charge in [-0.2, -0.15) is 5.10 Å². The van der Waals surface area contributed by atoms with Crippen LogP contribution in [0.3, 0.4) is 0 Å². The summed E-state index contributed by atoms with van der Waals surface area (Å²) in [6.45, 7) is 0. The predicted molar refractivity (Wildman–Crippen MR) is 94.9 cm³/mol. The zero-order valence-corrected chi connectivity index (χ0v) is 13.9. The topological polar surface area (TPSA) is 76.0 Å². The Hall–Kier alpha value is -3.55. The summed E-state index contributed by atoms with van der Waals surface area (Å²) in [6.07, 6.45) is -0.113. The number of nitrogens with one attached hydrogen (secondary N) is 2. The molecule has 1 aromatic heterocycles. The summed E-state index contributed by atoms with van der Waals surface area (Å²) in [5.41, 5.74) is 1.55. The molecule has 2 N–H and O–H groups in total. The summed E-state index contributed by atoms with van der Waals surface area (Å²) in [5, 5.41) is 9.63. The normalized spacial score (nSPS) is 15.8. The molecule has 8 heteroatoms. The van der Waals surface area contributed by atoms with Crippen LogP contribution in [0.15, 0.2) is 54.6 Å². The van der Waals surface area contributed by atoms with Gasteiger partial charge in [-0.1, -0.05) is 30.3 Å². The van der Waals surface area contributed by atoms with Gasteiger partial charge in [0.1, 0.15) is 11.9 Å². The number of halogens is 2. The molecule has 4 rings (SSSR count). The number of aromatic nitrogens is 2. The molecule has 136 valence electrons.